The molecule has 144 valence electrons. The molecule has 2 saturated carbocycles. The van der Waals surface area contributed by atoms with E-state index >= 15 is 0 Å². The second-order valence-electron chi connectivity index (χ2n) is 10.2. The van der Waals surface area contributed by atoms with Crippen molar-refractivity contribution < 1.29 is 0 Å². The molecule has 0 aliphatic heterocycles. The largest absolute Gasteiger partial charge is 0.0591 e. The summed E-state index contributed by atoms with van der Waals surface area (Å²) in [4.78, 5) is 0. The van der Waals surface area contributed by atoms with Crippen LogP contribution in [0.25, 0.3) is 11.1 Å². The smallest absolute Gasteiger partial charge is 0.0125 e. The van der Waals surface area contributed by atoms with E-state index in [9.17, 15) is 0 Å². The maximum Gasteiger partial charge on any atom is -0.0125 e. The van der Waals surface area contributed by atoms with Crippen molar-refractivity contribution in [3.63, 3.8) is 0 Å². The Balaban J connectivity index is 1.59. The monoisotopic (exact) mass is 360 g/mol. The zero-order valence-electron chi connectivity index (χ0n) is 18.0. The lowest BCUT2D eigenvalue weighted by Gasteiger charge is -2.55. The van der Waals surface area contributed by atoms with Crippen LogP contribution >= 0.6 is 0 Å². The third-order valence-electron chi connectivity index (χ3n) is 8.25. The van der Waals surface area contributed by atoms with Gasteiger partial charge < -0.3 is 0 Å². The molecule has 2 aromatic carbocycles. The first-order chi connectivity index (χ1) is 12.8. The summed E-state index contributed by atoms with van der Waals surface area (Å²) in [5.74, 6) is 0.746. The van der Waals surface area contributed by atoms with Crippen LogP contribution in [0.4, 0.5) is 0 Å². The van der Waals surface area contributed by atoms with Crippen molar-refractivity contribution in [1.82, 2.24) is 0 Å². The average Bonchev–Trinajstić information content (AvgIpc) is 2.61. The predicted molar refractivity (Wildman–Crippen MR) is 117 cm³/mol. The van der Waals surface area contributed by atoms with Crippen molar-refractivity contribution >= 4 is 0 Å². The number of fused-ring (bicyclic) bond motifs is 1. The molecule has 0 nitrogen and oxygen atoms in total. The fraction of sp³-hybridized carbons (Fsp3) is 0.556. The summed E-state index contributed by atoms with van der Waals surface area (Å²) in [5, 5.41) is 0. The number of hydrogen-bond acceptors (Lipinski definition) is 0. The molecule has 0 heterocycles. The van der Waals surface area contributed by atoms with Gasteiger partial charge in [0.25, 0.3) is 0 Å². The Bertz CT molecular complexity index is 805. The molecule has 0 radical (unpaired) electrons. The van der Waals surface area contributed by atoms with Crippen LogP contribution in [0.15, 0.2) is 36.4 Å². The molecule has 0 bridgehead atoms. The number of hydrogen-bond donors (Lipinski definition) is 0. The maximum atomic E-state index is 2.59. The molecule has 3 atom stereocenters. The van der Waals surface area contributed by atoms with Gasteiger partial charge in [0.2, 0.25) is 0 Å². The molecule has 0 amide bonds. The van der Waals surface area contributed by atoms with Crippen molar-refractivity contribution in [3.8, 4) is 11.1 Å². The van der Waals surface area contributed by atoms with Gasteiger partial charge in [-0.2, -0.15) is 0 Å². The second kappa shape index (κ2) is 6.80. The third kappa shape index (κ3) is 3.26. The summed E-state index contributed by atoms with van der Waals surface area (Å²) >= 11 is 0. The lowest BCUT2D eigenvalue weighted by molar-refractivity contribution is -0.0346. The summed E-state index contributed by atoms with van der Waals surface area (Å²) < 4.78 is 0. The van der Waals surface area contributed by atoms with Gasteiger partial charge in [0.15, 0.2) is 0 Å². The van der Waals surface area contributed by atoms with Gasteiger partial charge in [-0.15, -0.1) is 0 Å². The molecular formula is C27H36. The van der Waals surface area contributed by atoms with E-state index < -0.39 is 0 Å². The van der Waals surface area contributed by atoms with E-state index in [1.54, 1.807) is 5.56 Å². The maximum absolute atomic E-state index is 2.59. The molecule has 0 saturated heterocycles. The van der Waals surface area contributed by atoms with Gasteiger partial charge in [-0.3, -0.25) is 0 Å². The van der Waals surface area contributed by atoms with Gasteiger partial charge in [-0.1, -0.05) is 68.7 Å². The molecule has 27 heavy (non-hydrogen) atoms. The van der Waals surface area contributed by atoms with Crippen molar-refractivity contribution in [2.24, 2.45) is 10.8 Å². The van der Waals surface area contributed by atoms with Gasteiger partial charge in [0.05, 0.1) is 0 Å². The molecule has 2 aliphatic rings. The lowest BCUT2D eigenvalue weighted by atomic mass is 9.49. The molecule has 2 aliphatic carbocycles. The van der Waals surface area contributed by atoms with Crippen LogP contribution < -0.4 is 0 Å². The minimum atomic E-state index is 0.539. The Kier molecular flexibility index (Phi) is 4.73. The molecule has 0 aromatic heterocycles. The second-order valence-corrected chi connectivity index (χ2v) is 10.2. The first-order valence-electron chi connectivity index (χ1n) is 11.0. The zero-order chi connectivity index (χ0) is 19.2. The molecule has 0 spiro atoms. The summed E-state index contributed by atoms with van der Waals surface area (Å²) in [7, 11) is 0. The normalized spacial score (nSPS) is 30.8. The quantitative estimate of drug-likeness (QED) is 0.507. The predicted octanol–water partition coefficient (Wildman–Crippen LogP) is 8.13. The van der Waals surface area contributed by atoms with Crippen LogP contribution in [0, 0.1) is 31.6 Å². The molecule has 1 unspecified atom stereocenters. The van der Waals surface area contributed by atoms with Gasteiger partial charge in [0.1, 0.15) is 0 Å². The Morgan fingerprint density at radius 1 is 0.778 bits per heavy atom. The topological polar surface area (TPSA) is 0 Å². The van der Waals surface area contributed by atoms with Crippen molar-refractivity contribution in [2.45, 2.75) is 85.5 Å². The summed E-state index contributed by atoms with van der Waals surface area (Å²) in [6, 6.07) is 14.2. The SMILES string of the molecule is Cc1cc(C)c(-c2ccc(C3CC[C@]4(C)CCCC[C@]4(C)C3)cc2)c(C)c1. The Morgan fingerprint density at radius 3 is 2.00 bits per heavy atom. The van der Waals surface area contributed by atoms with E-state index in [2.05, 4.69) is 71.0 Å². The van der Waals surface area contributed by atoms with Crippen molar-refractivity contribution in [3.05, 3.63) is 58.7 Å². The Labute approximate surface area is 166 Å². The molecule has 2 aromatic rings. The molecular weight excluding hydrogens is 324 g/mol. The van der Waals surface area contributed by atoms with Crippen LogP contribution in [0.3, 0.4) is 0 Å². The molecule has 2 fully saturated rings. The minimum absolute atomic E-state index is 0.539. The van der Waals surface area contributed by atoms with Crippen LogP contribution in [-0.2, 0) is 0 Å². The minimum Gasteiger partial charge on any atom is -0.0591 e. The van der Waals surface area contributed by atoms with Crippen LogP contribution in [0.5, 0.6) is 0 Å². The van der Waals surface area contributed by atoms with E-state index in [1.807, 2.05) is 0 Å². The number of rotatable bonds is 2. The van der Waals surface area contributed by atoms with Crippen LogP contribution in [0.1, 0.15) is 87.0 Å². The highest BCUT2D eigenvalue weighted by atomic mass is 14.5. The summed E-state index contributed by atoms with van der Waals surface area (Å²) in [5.41, 5.74) is 9.62. The van der Waals surface area contributed by atoms with E-state index in [1.165, 1.54) is 72.8 Å². The van der Waals surface area contributed by atoms with E-state index in [-0.39, 0.29) is 0 Å². The van der Waals surface area contributed by atoms with E-state index in [0.29, 0.717) is 10.8 Å². The van der Waals surface area contributed by atoms with E-state index in [0.717, 1.165) is 5.92 Å². The molecule has 0 N–H and O–H groups in total. The van der Waals surface area contributed by atoms with Crippen molar-refractivity contribution in [2.75, 3.05) is 0 Å². The Morgan fingerprint density at radius 2 is 1.37 bits per heavy atom. The third-order valence-corrected chi connectivity index (χ3v) is 8.25. The fourth-order valence-corrected chi connectivity index (χ4v) is 6.39. The zero-order valence-corrected chi connectivity index (χ0v) is 18.0. The number of aryl methyl sites for hydroxylation is 3. The highest BCUT2D eigenvalue weighted by Crippen LogP contribution is 2.61. The standard InChI is InChI=1S/C27H36/c1-19-16-20(2)25(21(3)17-19)23-10-8-22(9-11-23)24-12-15-26(4)13-6-7-14-27(26,5)18-24/h8-11,16-17,24H,6-7,12-15,18H2,1-5H3/t24?,26-,27+/m0/s1. The van der Waals surface area contributed by atoms with Gasteiger partial charge in [-0.25, -0.2) is 0 Å². The van der Waals surface area contributed by atoms with Gasteiger partial charge in [0, 0.05) is 0 Å². The fourth-order valence-electron chi connectivity index (χ4n) is 6.39. The average molecular weight is 361 g/mol. The highest BCUT2D eigenvalue weighted by Gasteiger charge is 2.49. The first-order valence-corrected chi connectivity index (χ1v) is 11.0. The summed E-state index contributed by atoms with van der Waals surface area (Å²) in [6.45, 7) is 11.8. The molecule has 4 rings (SSSR count). The van der Waals surface area contributed by atoms with Gasteiger partial charge >= 0.3 is 0 Å². The van der Waals surface area contributed by atoms with Crippen molar-refractivity contribution in [1.29, 1.82) is 0 Å². The Hall–Kier alpha value is -1.56. The van der Waals surface area contributed by atoms with Crippen LogP contribution in [-0.4, -0.2) is 0 Å². The highest BCUT2D eigenvalue weighted by molar-refractivity contribution is 5.71. The van der Waals surface area contributed by atoms with E-state index in [4.69, 9.17) is 0 Å². The first kappa shape index (κ1) is 18.8. The summed E-state index contributed by atoms with van der Waals surface area (Å²) in [6.07, 6.45) is 9.91. The molecule has 0 heteroatoms. The lowest BCUT2D eigenvalue weighted by Crippen LogP contribution is -2.44. The number of benzene rings is 2. The van der Waals surface area contributed by atoms with Crippen LogP contribution in [0.2, 0.25) is 0 Å². The van der Waals surface area contributed by atoms with Gasteiger partial charge in [-0.05, 0) is 97.4 Å².